The van der Waals surface area contributed by atoms with Crippen LogP contribution >= 0.6 is 0 Å². The van der Waals surface area contributed by atoms with Gasteiger partial charge in [-0.1, -0.05) is 18.2 Å². The number of para-hydroxylation sites is 1. The van der Waals surface area contributed by atoms with Crippen LogP contribution in [0.5, 0.6) is 5.75 Å². The van der Waals surface area contributed by atoms with Gasteiger partial charge in [0.2, 0.25) is 0 Å². The lowest BCUT2D eigenvalue weighted by atomic mass is 10.1. The van der Waals surface area contributed by atoms with Gasteiger partial charge in [0.05, 0.1) is 13.5 Å². The Kier molecular flexibility index (Phi) is 3.23. The molecule has 0 saturated carbocycles. The second-order valence-corrected chi connectivity index (χ2v) is 3.73. The molecule has 0 aliphatic rings. The minimum Gasteiger partial charge on any atom is -0.506 e. The zero-order valence-corrected chi connectivity index (χ0v) is 9.51. The molecule has 2 rings (SSSR count). The van der Waals surface area contributed by atoms with Crippen molar-refractivity contribution in [1.82, 2.24) is 4.98 Å². The van der Waals surface area contributed by atoms with Crippen LogP contribution in [-0.4, -0.2) is 23.2 Å². The minimum absolute atomic E-state index is 0.155. The van der Waals surface area contributed by atoms with Gasteiger partial charge in [-0.3, -0.25) is 4.79 Å². The smallest absolute Gasteiger partial charge is 0.305 e. The molecular formula is C13H13NO3. The number of carbonyl (C=O) groups is 1. The average molecular weight is 231 g/mol. The molecule has 4 heteroatoms. The van der Waals surface area contributed by atoms with E-state index in [1.165, 1.54) is 7.11 Å². The Morgan fingerprint density at radius 3 is 2.94 bits per heavy atom. The molecule has 0 spiro atoms. The van der Waals surface area contributed by atoms with Crippen LogP contribution in [0.3, 0.4) is 0 Å². The van der Waals surface area contributed by atoms with Crippen molar-refractivity contribution in [3.63, 3.8) is 0 Å². The fraction of sp³-hybridized carbons (Fsp3) is 0.231. The van der Waals surface area contributed by atoms with Crippen molar-refractivity contribution in [3.05, 3.63) is 36.0 Å². The first kappa shape index (κ1) is 11.4. The molecule has 1 N–H and O–H groups in total. The number of hydrogen-bond acceptors (Lipinski definition) is 4. The van der Waals surface area contributed by atoms with Crippen molar-refractivity contribution >= 4 is 16.9 Å². The van der Waals surface area contributed by atoms with Gasteiger partial charge in [0.1, 0.15) is 11.3 Å². The van der Waals surface area contributed by atoms with E-state index in [0.717, 1.165) is 11.1 Å². The SMILES string of the molecule is COC(=O)CCc1ccc2cccc(O)c2n1. The summed E-state index contributed by atoms with van der Waals surface area (Å²) in [4.78, 5) is 15.3. The van der Waals surface area contributed by atoms with Gasteiger partial charge in [0.15, 0.2) is 0 Å². The molecule has 1 aromatic heterocycles. The maximum absolute atomic E-state index is 11.0. The number of benzene rings is 1. The van der Waals surface area contributed by atoms with Crippen molar-refractivity contribution in [2.24, 2.45) is 0 Å². The van der Waals surface area contributed by atoms with Crippen LogP contribution in [0.4, 0.5) is 0 Å². The van der Waals surface area contributed by atoms with Crippen molar-refractivity contribution in [3.8, 4) is 5.75 Å². The predicted molar refractivity (Wildman–Crippen MR) is 63.7 cm³/mol. The molecular weight excluding hydrogens is 218 g/mol. The topological polar surface area (TPSA) is 59.4 Å². The summed E-state index contributed by atoms with van der Waals surface area (Å²) in [5.74, 6) is -0.105. The Morgan fingerprint density at radius 1 is 1.35 bits per heavy atom. The highest BCUT2D eigenvalue weighted by Crippen LogP contribution is 2.22. The van der Waals surface area contributed by atoms with Gasteiger partial charge in [-0.25, -0.2) is 4.98 Å². The van der Waals surface area contributed by atoms with E-state index in [0.29, 0.717) is 18.4 Å². The number of esters is 1. The number of phenolic OH excluding ortho intramolecular Hbond substituents is 1. The number of pyridine rings is 1. The summed E-state index contributed by atoms with van der Waals surface area (Å²) in [7, 11) is 1.36. The number of aromatic hydroxyl groups is 1. The largest absolute Gasteiger partial charge is 0.506 e. The molecule has 2 aromatic rings. The van der Waals surface area contributed by atoms with Gasteiger partial charge in [-0.2, -0.15) is 0 Å². The van der Waals surface area contributed by atoms with E-state index >= 15 is 0 Å². The lowest BCUT2D eigenvalue weighted by Gasteiger charge is -2.03. The highest BCUT2D eigenvalue weighted by atomic mass is 16.5. The zero-order chi connectivity index (χ0) is 12.3. The van der Waals surface area contributed by atoms with Crippen LogP contribution in [-0.2, 0) is 16.0 Å². The second kappa shape index (κ2) is 4.82. The van der Waals surface area contributed by atoms with Crippen LogP contribution in [0.1, 0.15) is 12.1 Å². The molecule has 0 fully saturated rings. The Hall–Kier alpha value is -2.10. The molecule has 0 saturated heterocycles. The Morgan fingerprint density at radius 2 is 2.18 bits per heavy atom. The number of phenols is 1. The molecule has 0 aliphatic carbocycles. The number of fused-ring (bicyclic) bond motifs is 1. The summed E-state index contributed by atoms with van der Waals surface area (Å²) in [6.45, 7) is 0. The van der Waals surface area contributed by atoms with Gasteiger partial charge < -0.3 is 9.84 Å². The van der Waals surface area contributed by atoms with Crippen molar-refractivity contribution in [2.75, 3.05) is 7.11 Å². The van der Waals surface area contributed by atoms with Crippen LogP contribution in [0.15, 0.2) is 30.3 Å². The first-order valence-electron chi connectivity index (χ1n) is 5.35. The van der Waals surface area contributed by atoms with Crippen LogP contribution in [0.2, 0.25) is 0 Å². The summed E-state index contributed by atoms with van der Waals surface area (Å²) < 4.78 is 4.57. The van der Waals surface area contributed by atoms with Crippen LogP contribution < -0.4 is 0 Å². The molecule has 0 atom stereocenters. The molecule has 0 unspecified atom stereocenters. The summed E-state index contributed by atoms with van der Waals surface area (Å²) in [5, 5.41) is 10.5. The molecule has 88 valence electrons. The van der Waals surface area contributed by atoms with Gasteiger partial charge >= 0.3 is 5.97 Å². The summed E-state index contributed by atoms with van der Waals surface area (Å²) in [6.07, 6.45) is 0.805. The third kappa shape index (κ3) is 2.53. The molecule has 4 nitrogen and oxygen atoms in total. The monoisotopic (exact) mass is 231 g/mol. The highest BCUT2D eigenvalue weighted by Gasteiger charge is 2.05. The number of hydrogen-bond donors (Lipinski definition) is 1. The van der Waals surface area contributed by atoms with Gasteiger partial charge in [0, 0.05) is 17.5 Å². The number of aromatic nitrogens is 1. The Labute approximate surface area is 98.9 Å². The van der Waals surface area contributed by atoms with Gasteiger partial charge in [-0.15, -0.1) is 0 Å². The van der Waals surface area contributed by atoms with E-state index < -0.39 is 0 Å². The van der Waals surface area contributed by atoms with Crippen molar-refractivity contribution < 1.29 is 14.6 Å². The van der Waals surface area contributed by atoms with E-state index in [-0.39, 0.29) is 11.7 Å². The number of rotatable bonds is 3. The summed E-state index contributed by atoms with van der Waals surface area (Å²) >= 11 is 0. The lowest BCUT2D eigenvalue weighted by molar-refractivity contribution is -0.140. The second-order valence-electron chi connectivity index (χ2n) is 3.73. The Bertz CT molecular complexity index is 551. The van der Waals surface area contributed by atoms with Crippen LogP contribution in [0.25, 0.3) is 10.9 Å². The molecule has 0 radical (unpaired) electrons. The molecule has 0 bridgehead atoms. The normalized spacial score (nSPS) is 10.4. The van der Waals surface area contributed by atoms with E-state index in [1.807, 2.05) is 18.2 Å². The van der Waals surface area contributed by atoms with Gasteiger partial charge in [-0.05, 0) is 12.1 Å². The number of nitrogens with zero attached hydrogens (tertiary/aromatic N) is 1. The lowest BCUT2D eigenvalue weighted by Crippen LogP contribution is -2.02. The number of carbonyl (C=O) groups excluding carboxylic acids is 1. The first-order chi connectivity index (χ1) is 8.20. The number of aryl methyl sites for hydroxylation is 1. The van der Waals surface area contributed by atoms with E-state index in [2.05, 4.69) is 9.72 Å². The number of ether oxygens (including phenoxy) is 1. The fourth-order valence-corrected chi connectivity index (χ4v) is 1.64. The van der Waals surface area contributed by atoms with E-state index in [1.54, 1.807) is 12.1 Å². The molecule has 0 aliphatic heterocycles. The highest BCUT2D eigenvalue weighted by molar-refractivity contribution is 5.84. The molecule has 1 heterocycles. The fourth-order valence-electron chi connectivity index (χ4n) is 1.64. The molecule has 17 heavy (non-hydrogen) atoms. The van der Waals surface area contributed by atoms with Crippen molar-refractivity contribution in [2.45, 2.75) is 12.8 Å². The van der Waals surface area contributed by atoms with Crippen molar-refractivity contribution in [1.29, 1.82) is 0 Å². The van der Waals surface area contributed by atoms with E-state index in [4.69, 9.17) is 0 Å². The third-order valence-corrected chi connectivity index (χ3v) is 2.57. The maximum Gasteiger partial charge on any atom is 0.305 e. The maximum atomic E-state index is 11.0. The zero-order valence-electron chi connectivity index (χ0n) is 9.51. The standard InChI is InChI=1S/C13H13NO3/c1-17-12(16)8-7-10-6-5-9-3-2-4-11(15)13(9)14-10/h2-6,15H,7-8H2,1H3. The van der Waals surface area contributed by atoms with Crippen LogP contribution in [0, 0.1) is 0 Å². The predicted octanol–water partition coefficient (Wildman–Crippen LogP) is 2.05. The summed E-state index contributed by atoms with van der Waals surface area (Å²) in [5.41, 5.74) is 1.33. The first-order valence-corrected chi connectivity index (χ1v) is 5.35. The Balaban J connectivity index is 2.25. The number of methoxy groups -OCH3 is 1. The third-order valence-electron chi connectivity index (χ3n) is 2.57. The average Bonchev–Trinajstić information content (AvgIpc) is 2.36. The molecule has 1 aromatic carbocycles. The minimum atomic E-state index is -0.260. The molecule has 0 amide bonds. The quantitative estimate of drug-likeness (QED) is 0.821. The van der Waals surface area contributed by atoms with Gasteiger partial charge in [0.25, 0.3) is 0 Å². The summed E-state index contributed by atoms with van der Waals surface area (Å²) in [6, 6.07) is 8.98. The van der Waals surface area contributed by atoms with E-state index in [9.17, 15) is 9.90 Å².